The number of aromatic nitrogens is 2. The minimum atomic E-state index is -0.999. The highest BCUT2D eigenvalue weighted by atomic mass is 16.5. The summed E-state index contributed by atoms with van der Waals surface area (Å²) in [5, 5.41) is 25.2. The fourth-order valence-corrected chi connectivity index (χ4v) is 1.53. The van der Waals surface area contributed by atoms with E-state index in [-0.39, 0.29) is 17.0 Å². The van der Waals surface area contributed by atoms with E-state index < -0.39 is 5.97 Å². The van der Waals surface area contributed by atoms with Gasteiger partial charge in [0.05, 0.1) is 11.8 Å². The minimum Gasteiger partial charge on any atom is -0.478 e. The van der Waals surface area contributed by atoms with E-state index in [2.05, 4.69) is 10.2 Å². The number of benzene rings is 1. The quantitative estimate of drug-likeness (QED) is 0.902. The molecule has 0 bridgehead atoms. The van der Waals surface area contributed by atoms with Gasteiger partial charge in [0.15, 0.2) is 0 Å². The van der Waals surface area contributed by atoms with Gasteiger partial charge in [-0.05, 0) is 36.8 Å². The number of aryl methyl sites for hydroxylation is 1. The maximum Gasteiger partial charge on any atom is 0.335 e. The molecular weight excluding hydrogens is 246 g/mol. The Morgan fingerprint density at radius 2 is 2.21 bits per heavy atom. The molecule has 1 aromatic heterocycles. The second kappa shape index (κ2) is 5.14. The Hall–Kier alpha value is -2.94. The number of aromatic carboxylic acids is 1. The van der Waals surface area contributed by atoms with Gasteiger partial charge >= 0.3 is 5.97 Å². The van der Waals surface area contributed by atoms with Crippen LogP contribution in [0.4, 0.5) is 0 Å². The van der Waals surface area contributed by atoms with E-state index in [1.807, 2.05) is 6.07 Å². The number of rotatable bonds is 3. The van der Waals surface area contributed by atoms with Crippen LogP contribution in [0.1, 0.15) is 21.5 Å². The van der Waals surface area contributed by atoms with Gasteiger partial charge in [0.25, 0.3) is 5.88 Å². The fourth-order valence-electron chi connectivity index (χ4n) is 1.53. The molecule has 1 aromatic carbocycles. The van der Waals surface area contributed by atoms with E-state index in [0.29, 0.717) is 11.3 Å². The van der Waals surface area contributed by atoms with Crippen molar-refractivity contribution < 1.29 is 14.6 Å². The smallest absolute Gasteiger partial charge is 0.335 e. The van der Waals surface area contributed by atoms with Crippen molar-refractivity contribution in [2.75, 3.05) is 0 Å². The van der Waals surface area contributed by atoms with E-state index in [1.54, 1.807) is 13.0 Å². The molecule has 2 aromatic rings. The zero-order valence-electron chi connectivity index (χ0n) is 9.99. The lowest BCUT2D eigenvalue weighted by Gasteiger charge is -2.07. The Balaban J connectivity index is 2.32. The summed E-state index contributed by atoms with van der Waals surface area (Å²) in [6.45, 7) is 1.66. The SMILES string of the molecule is Cc1cc(Oc2nnccc2C#N)ccc1C(=O)O. The van der Waals surface area contributed by atoms with E-state index in [0.717, 1.165) is 0 Å². The first-order valence-corrected chi connectivity index (χ1v) is 5.35. The highest BCUT2D eigenvalue weighted by molar-refractivity contribution is 5.89. The fraction of sp³-hybridized carbons (Fsp3) is 0.0769. The number of carboxylic acid groups (broad SMARTS) is 1. The number of carbonyl (C=O) groups is 1. The van der Waals surface area contributed by atoms with Crippen molar-refractivity contribution >= 4 is 5.97 Å². The van der Waals surface area contributed by atoms with Crippen LogP contribution in [0, 0.1) is 18.3 Å². The van der Waals surface area contributed by atoms with Crippen LogP contribution in [0.25, 0.3) is 0 Å². The normalized spacial score (nSPS) is 9.68. The number of nitriles is 1. The van der Waals surface area contributed by atoms with Crippen molar-refractivity contribution in [1.82, 2.24) is 10.2 Å². The largest absolute Gasteiger partial charge is 0.478 e. The average Bonchev–Trinajstić information content (AvgIpc) is 2.39. The van der Waals surface area contributed by atoms with E-state index >= 15 is 0 Å². The van der Waals surface area contributed by atoms with Crippen molar-refractivity contribution in [3.63, 3.8) is 0 Å². The van der Waals surface area contributed by atoms with Crippen LogP contribution in [-0.2, 0) is 0 Å². The van der Waals surface area contributed by atoms with E-state index in [9.17, 15) is 4.79 Å². The Morgan fingerprint density at radius 1 is 1.42 bits per heavy atom. The highest BCUT2D eigenvalue weighted by Gasteiger charge is 2.10. The third kappa shape index (κ3) is 2.66. The molecule has 0 saturated carbocycles. The van der Waals surface area contributed by atoms with Crippen LogP contribution in [-0.4, -0.2) is 21.3 Å². The maximum atomic E-state index is 10.9. The summed E-state index contributed by atoms with van der Waals surface area (Å²) < 4.78 is 5.43. The first-order chi connectivity index (χ1) is 9.11. The predicted octanol–water partition coefficient (Wildman–Crippen LogP) is 2.15. The molecule has 0 aliphatic heterocycles. The van der Waals surface area contributed by atoms with Gasteiger partial charge < -0.3 is 9.84 Å². The zero-order chi connectivity index (χ0) is 13.8. The summed E-state index contributed by atoms with van der Waals surface area (Å²) in [6, 6.07) is 7.94. The summed E-state index contributed by atoms with van der Waals surface area (Å²) in [7, 11) is 0. The van der Waals surface area contributed by atoms with Crippen LogP contribution in [0.2, 0.25) is 0 Å². The number of carboxylic acids is 1. The molecule has 19 heavy (non-hydrogen) atoms. The minimum absolute atomic E-state index is 0.0903. The Kier molecular flexibility index (Phi) is 3.39. The van der Waals surface area contributed by atoms with Gasteiger partial charge in [0.1, 0.15) is 17.4 Å². The zero-order valence-corrected chi connectivity index (χ0v) is 9.99. The number of nitrogens with zero attached hydrogens (tertiary/aromatic N) is 3. The monoisotopic (exact) mass is 255 g/mol. The van der Waals surface area contributed by atoms with Crippen LogP contribution in [0.3, 0.4) is 0 Å². The molecule has 0 atom stereocenters. The summed E-state index contributed by atoms with van der Waals surface area (Å²) >= 11 is 0. The number of hydrogen-bond donors (Lipinski definition) is 1. The van der Waals surface area contributed by atoms with Gasteiger partial charge in [-0.25, -0.2) is 4.79 Å². The summed E-state index contributed by atoms with van der Waals surface area (Å²) in [5.41, 5.74) is 1.02. The second-order valence-corrected chi connectivity index (χ2v) is 3.75. The maximum absolute atomic E-state index is 10.9. The number of hydrogen-bond acceptors (Lipinski definition) is 5. The van der Waals surface area contributed by atoms with Gasteiger partial charge in [0.2, 0.25) is 0 Å². The van der Waals surface area contributed by atoms with Crippen molar-refractivity contribution in [2.45, 2.75) is 6.92 Å². The van der Waals surface area contributed by atoms with Gasteiger partial charge in [-0.3, -0.25) is 0 Å². The molecule has 6 nitrogen and oxygen atoms in total. The lowest BCUT2D eigenvalue weighted by Crippen LogP contribution is -2.00. The van der Waals surface area contributed by atoms with Crippen LogP contribution in [0.15, 0.2) is 30.5 Å². The molecule has 1 N–H and O–H groups in total. The van der Waals surface area contributed by atoms with Crippen molar-refractivity contribution in [2.24, 2.45) is 0 Å². The van der Waals surface area contributed by atoms with E-state index in [4.69, 9.17) is 15.1 Å². The van der Waals surface area contributed by atoms with Gasteiger partial charge in [-0.15, -0.1) is 5.10 Å². The first kappa shape index (κ1) is 12.5. The molecule has 0 fully saturated rings. The molecule has 1 heterocycles. The Labute approximate surface area is 108 Å². The first-order valence-electron chi connectivity index (χ1n) is 5.35. The summed E-state index contributed by atoms with van der Waals surface area (Å²) in [4.78, 5) is 10.9. The van der Waals surface area contributed by atoms with Crippen molar-refractivity contribution in [1.29, 1.82) is 5.26 Å². The third-order valence-corrected chi connectivity index (χ3v) is 2.45. The summed E-state index contributed by atoms with van der Waals surface area (Å²) in [5.74, 6) is -0.506. The molecule has 0 saturated heterocycles. The van der Waals surface area contributed by atoms with Crippen molar-refractivity contribution in [3.05, 3.63) is 47.2 Å². The standard InChI is InChI=1S/C13H9N3O3/c1-8-6-10(2-3-11(8)13(17)18)19-12-9(7-14)4-5-15-16-12/h2-6H,1H3,(H,17,18). The topological polar surface area (TPSA) is 96.1 Å². The van der Waals surface area contributed by atoms with Crippen LogP contribution < -0.4 is 4.74 Å². The summed E-state index contributed by atoms with van der Waals surface area (Å²) in [6.07, 6.45) is 1.39. The lowest BCUT2D eigenvalue weighted by atomic mass is 10.1. The van der Waals surface area contributed by atoms with Gasteiger partial charge in [-0.2, -0.15) is 10.4 Å². The molecule has 0 aliphatic carbocycles. The van der Waals surface area contributed by atoms with Gasteiger partial charge in [-0.1, -0.05) is 0 Å². The average molecular weight is 255 g/mol. The van der Waals surface area contributed by atoms with Gasteiger partial charge in [0, 0.05) is 0 Å². The van der Waals surface area contributed by atoms with E-state index in [1.165, 1.54) is 24.4 Å². The van der Waals surface area contributed by atoms with Crippen LogP contribution in [0.5, 0.6) is 11.6 Å². The molecule has 94 valence electrons. The molecule has 0 aliphatic rings. The molecule has 6 heteroatoms. The Morgan fingerprint density at radius 3 is 2.84 bits per heavy atom. The number of ether oxygens (including phenoxy) is 1. The lowest BCUT2D eigenvalue weighted by molar-refractivity contribution is 0.0696. The molecular formula is C13H9N3O3. The highest BCUT2D eigenvalue weighted by Crippen LogP contribution is 2.24. The molecule has 2 rings (SSSR count). The molecule has 0 unspecified atom stereocenters. The van der Waals surface area contributed by atoms with Crippen LogP contribution >= 0.6 is 0 Å². The molecule has 0 radical (unpaired) electrons. The third-order valence-electron chi connectivity index (χ3n) is 2.45. The van der Waals surface area contributed by atoms with Crippen molar-refractivity contribution in [3.8, 4) is 17.7 Å². The molecule has 0 spiro atoms. The predicted molar refractivity (Wildman–Crippen MR) is 65.0 cm³/mol. The molecule has 0 amide bonds. The Bertz CT molecular complexity index is 677. The second-order valence-electron chi connectivity index (χ2n) is 3.75.